The minimum Gasteiger partial charge on any atom is -0.349 e. The average Bonchev–Trinajstić information content (AvgIpc) is 2.47. The maximum atomic E-state index is 12.1. The fraction of sp³-hybridized carbons (Fsp3) is 0.312. The largest absolute Gasteiger partial charge is 0.349 e. The molecule has 2 rings (SSSR count). The summed E-state index contributed by atoms with van der Waals surface area (Å²) in [6, 6.07) is 6.89. The van der Waals surface area contributed by atoms with Gasteiger partial charge in [0, 0.05) is 29.7 Å². The van der Waals surface area contributed by atoms with Gasteiger partial charge in [0.1, 0.15) is 5.56 Å². The van der Waals surface area contributed by atoms with Gasteiger partial charge in [-0.15, -0.1) is 0 Å². The summed E-state index contributed by atoms with van der Waals surface area (Å²) < 4.78 is 0. The topological polar surface area (TPSA) is 74.8 Å². The number of amides is 1. The molecule has 0 aromatic carbocycles. The first-order valence-electron chi connectivity index (χ1n) is 6.93. The molecule has 0 aliphatic heterocycles. The van der Waals surface area contributed by atoms with Crippen LogP contribution in [0, 0.1) is 5.92 Å². The van der Waals surface area contributed by atoms with Crippen LogP contribution in [0.5, 0.6) is 0 Å². The lowest BCUT2D eigenvalue weighted by Crippen LogP contribution is -2.38. The van der Waals surface area contributed by atoms with E-state index in [1.165, 1.54) is 0 Å². The molecule has 5 nitrogen and oxygen atoms in total. The molecule has 0 aliphatic rings. The Balaban J connectivity index is 2.24. The molecule has 0 bridgehead atoms. The third kappa shape index (κ3) is 3.56. The molecule has 1 atom stereocenters. The van der Waals surface area contributed by atoms with Crippen molar-refractivity contribution >= 4 is 5.91 Å². The Morgan fingerprint density at radius 3 is 2.38 bits per heavy atom. The van der Waals surface area contributed by atoms with Gasteiger partial charge in [-0.05, 0) is 37.1 Å². The van der Waals surface area contributed by atoms with Crippen molar-refractivity contribution in [1.29, 1.82) is 0 Å². The normalized spacial score (nSPS) is 12.2. The van der Waals surface area contributed by atoms with E-state index in [1.54, 1.807) is 36.7 Å². The quantitative estimate of drug-likeness (QED) is 0.904. The molecule has 2 aromatic rings. The molecule has 1 amide bonds. The molecule has 0 unspecified atom stereocenters. The number of hydrogen-bond donors (Lipinski definition) is 2. The molecule has 2 heterocycles. The minimum atomic E-state index is -0.391. The second-order valence-corrected chi connectivity index (χ2v) is 5.36. The molecule has 110 valence electrons. The van der Waals surface area contributed by atoms with Crippen LogP contribution in [-0.4, -0.2) is 21.9 Å². The number of hydrogen-bond acceptors (Lipinski definition) is 3. The second-order valence-electron chi connectivity index (χ2n) is 5.36. The van der Waals surface area contributed by atoms with Crippen molar-refractivity contribution in [3.8, 4) is 11.3 Å². The van der Waals surface area contributed by atoms with E-state index in [9.17, 15) is 9.59 Å². The number of carbonyl (C=O) groups is 1. The molecule has 2 N–H and O–H groups in total. The molecule has 0 radical (unpaired) electrons. The number of H-pyrrole nitrogens is 1. The molecule has 21 heavy (non-hydrogen) atoms. The second kappa shape index (κ2) is 6.35. The van der Waals surface area contributed by atoms with Crippen LogP contribution in [0.15, 0.2) is 41.5 Å². The van der Waals surface area contributed by atoms with Crippen molar-refractivity contribution in [3.05, 3.63) is 52.6 Å². The van der Waals surface area contributed by atoms with Crippen molar-refractivity contribution < 1.29 is 4.79 Å². The van der Waals surface area contributed by atoms with Crippen molar-refractivity contribution in [2.24, 2.45) is 5.92 Å². The molecule has 2 aromatic heterocycles. The Labute approximate surface area is 123 Å². The van der Waals surface area contributed by atoms with E-state index in [1.807, 2.05) is 20.8 Å². The first-order chi connectivity index (χ1) is 9.99. The van der Waals surface area contributed by atoms with Crippen molar-refractivity contribution in [3.63, 3.8) is 0 Å². The highest BCUT2D eigenvalue weighted by atomic mass is 16.2. The lowest BCUT2D eigenvalue weighted by atomic mass is 10.1. The van der Waals surface area contributed by atoms with E-state index in [-0.39, 0.29) is 17.5 Å². The average molecular weight is 285 g/mol. The Bertz CT molecular complexity index is 677. The number of aromatic amines is 1. The van der Waals surface area contributed by atoms with Gasteiger partial charge in [-0.25, -0.2) is 0 Å². The molecular formula is C16H19N3O2. The van der Waals surface area contributed by atoms with Crippen LogP contribution in [0.25, 0.3) is 11.3 Å². The van der Waals surface area contributed by atoms with Crippen LogP contribution in [0.4, 0.5) is 0 Å². The Morgan fingerprint density at radius 1 is 1.14 bits per heavy atom. The summed E-state index contributed by atoms with van der Waals surface area (Å²) in [5.41, 5.74) is 1.25. The van der Waals surface area contributed by atoms with Crippen molar-refractivity contribution in [1.82, 2.24) is 15.3 Å². The van der Waals surface area contributed by atoms with Gasteiger partial charge in [0.25, 0.3) is 11.5 Å². The predicted molar refractivity (Wildman–Crippen MR) is 82.1 cm³/mol. The molecule has 5 heteroatoms. The number of pyridine rings is 2. The Kier molecular flexibility index (Phi) is 4.52. The van der Waals surface area contributed by atoms with Crippen LogP contribution >= 0.6 is 0 Å². The maximum absolute atomic E-state index is 12.1. The van der Waals surface area contributed by atoms with Crippen molar-refractivity contribution in [2.45, 2.75) is 26.8 Å². The zero-order valence-corrected chi connectivity index (χ0v) is 12.4. The van der Waals surface area contributed by atoms with Crippen LogP contribution in [0.3, 0.4) is 0 Å². The first kappa shape index (κ1) is 15.0. The Hall–Kier alpha value is -2.43. The number of nitrogens with zero attached hydrogens (tertiary/aromatic N) is 1. The molecule has 0 saturated carbocycles. The summed E-state index contributed by atoms with van der Waals surface area (Å²) in [5, 5.41) is 2.83. The van der Waals surface area contributed by atoms with E-state index in [0.29, 0.717) is 11.6 Å². The first-order valence-corrected chi connectivity index (χ1v) is 6.93. The summed E-state index contributed by atoms with van der Waals surface area (Å²) >= 11 is 0. The fourth-order valence-electron chi connectivity index (χ4n) is 1.80. The van der Waals surface area contributed by atoms with Crippen LogP contribution < -0.4 is 10.9 Å². The summed E-state index contributed by atoms with van der Waals surface area (Å²) in [7, 11) is 0. The molecule has 0 aliphatic carbocycles. The summed E-state index contributed by atoms with van der Waals surface area (Å²) in [4.78, 5) is 30.8. The highest BCUT2D eigenvalue weighted by Gasteiger charge is 2.15. The summed E-state index contributed by atoms with van der Waals surface area (Å²) in [6.07, 6.45) is 3.30. The van der Waals surface area contributed by atoms with Crippen LogP contribution in [0.2, 0.25) is 0 Å². The number of aromatic nitrogens is 2. The van der Waals surface area contributed by atoms with E-state index in [0.717, 1.165) is 5.56 Å². The van der Waals surface area contributed by atoms with E-state index in [4.69, 9.17) is 0 Å². The number of carbonyl (C=O) groups excluding carboxylic acids is 1. The number of nitrogens with one attached hydrogen (secondary N) is 2. The zero-order chi connectivity index (χ0) is 15.4. The zero-order valence-electron chi connectivity index (χ0n) is 12.4. The van der Waals surface area contributed by atoms with Gasteiger partial charge in [0.05, 0.1) is 0 Å². The summed E-state index contributed by atoms with van der Waals surface area (Å²) in [6.45, 7) is 5.95. The van der Waals surface area contributed by atoms with Gasteiger partial charge < -0.3 is 10.3 Å². The molecular weight excluding hydrogens is 266 g/mol. The van der Waals surface area contributed by atoms with E-state index in [2.05, 4.69) is 15.3 Å². The van der Waals surface area contributed by atoms with Gasteiger partial charge >= 0.3 is 0 Å². The van der Waals surface area contributed by atoms with E-state index < -0.39 is 5.56 Å². The Morgan fingerprint density at radius 2 is 1.81 bits per heavy atom. The number of rotatable bonds is 4. The third-order valence-corrected chi connectivity index (χ3v) is 3.50. The lowest BCUT2D eigenvalue weighted by Gasteiger charge is -2.17. The maximum Gasteiger partial charge on any atom is 0.261 e. The summed E-state index contributed by atoms with van der Waals surface area (Å²) in [5.74, 6) is -0.0390. The highest BCUT2D eigenvalue weighted by Crippen LogP contribution is 2.13. The molecule has 0 spiro atoms. The highest BCUT2D eigenvalue weighted by molar-refractivity contribution is 5.94. The molecule has 0 saturated heterocycles. The standard InChI is InChI=1S/C16H19N3O2/c1-10(2)11(3)18-15(20)13-4-5-14(19-16(13)21)12-6-8-17-9-7-12/h4-11H,1-3H3,(H,18,20)(H,19,21)/t11-/m1/s1. The van der Waals surface area contributed by atoms with Gasteiger partial charge in [-0.3, -0.25) is 14.6 Å². The van der Waals surface area contributed by atoms with Gasteiger partial charge in [0.2, 0.25) is 0 Å². The fourth-order valence-corrected chi connectivity index (χ4v) is 1.80. The minimum absolute atomic E-state index is 0.0109. The lowest BCUT2D eigenvalue weighted by molar-refractivity contribution is 0.0929. The van der Waals surface area contributed by atoms with E-state index >= 15 is 0 Å². The SMILES string of the molecule is CC(C)[C@@H](C)NC(=O)c1ccc(-c2ccncc2)[nH]c1=O. The van der Waals surface area contributed by atoms with Crippen LogP contribution in [-0.2, 0) is 0 Å². The van der Waals surface area contributed by atoms with Gasteiger partial charge in [0.15, 0.2) is 0 Å². The van der Waals surface area contributed by atoms with Gasteiger partial charge in [-0.2, -0.15) is 0 Å². The van der Waals surface area contributed by atoms with Crippen molar-refractivity contribution in [2.75, 3.05) is 0 Å². The third-order valence-electron chi connectivity index (χ3n) is 3.50. The van der Waals surface area contributed by atoms with Crippen LogP contribution in [0.1, 0.15) is 31.1 Å². The predicted octanol–water partition coefficient (Wildman–Crippen LogP) is 2.21. The molecule has 0 fully saturated rings. The van der Waals surface area contributed by atoms with Gasteiger partial charge in [-0.1, -0.05) is 13.8 Å². The monoisotopic (exact) mass is 285 g/mol. The smallest absolute Gasteiger partial charge is 0.261 e.